The summed E-state index contributed by atoms with van der Waals surface area (Å²) >= 11 is 0. The summed E-state index contributed by atoms with van der Waals surface area (Å²) in [5.74, 6) is 1.22. The molecule has 2 aromatic carbocycles. The lowest BCUT2D eigenvalue weighted by atomic mass is 10.1. The van der Waals surface area contributed by atoms with Crippen molar-refractivity contribution in [2.24, 2.45) is 0 Å². The Bertz CT molecular complexity index is 769. The molecule has 0 bridgehead atoms. The van der Waals surface area contributed by atoms with Gasteiger partial charge < -0.3 is 15.4 Å². The number of benzene rings is 2. The lowest BCUT2D eigenvalue weighted by Crippen LogP contribution is -1.87. The highest BCUT2D eigenvalue weighted by atomic mass is 16.5. The van der Waals surface area contributed by atoms with Crippen molar-refractivity contribution < 1.29 is 9.63 Å². The molecule has 3 aromatic rings. The van der Waals surface area contributed by atoms with Crippen LogP contribution in [0.25, 0.3) is 22.8 Å². The molecule has 0 saturated carbocycles. The van der Waals surface area contributed by atoms with E-state index in [4.69, 9.17) is 10.3 Å². The van der Waals surface area contributed by atoms with Crippen molar-refractivity contribution in [2.75, 3.05) is 5.73 Å². The first-order valence-electron chi connectivity index (χ1n) is 6.55. The maximum absolute atomic E-state index is 9.81. The molecule has 3 rings (SSSR count). The molecule has 5 heteroatoms. The van der Waals surface area contributed by atoms with Gasteiger partial charge in [-0.25, -0.2) is 0 Å². The highest BCUT2D eigenvalue weighted by molar-refractivity contribution is 5.64. The summed E-state index contributed by atoms with van der Waals surface area (Å²) in [6.07, 6.45) is 0. The second-order valence-electron chi connectivity index (χ2n) is 5.00. The smallest absolute Gasteiger partial charge is 0.258 e. The number of aryl methyl sites for hydroxylation is 2. The summed E-state index contributed by atoms with van der Waals surface area (Å²) in [5, 5.41) is 13.8. The van der Waals surface area contributed by atoms with Crippen LogP contribution >= 0.6 is 0 Å². The first-order valence-corrected chi connectivity index (χ1v) is 6.55. The van der Waals surface area contributed by atoms with Crippen LogP contribution in [-0.4, -0.2) is 15.2 Å². The Morgan fingerprint density at radius 3 is 2.24 bits per heavy atom. The molecule has 0 amide bonds. The standard InChI is InChI=1S/C16H15N3O2/c1-9-7-12(8-10(2)14(9)20)15-18-16(21-19-15)11-3-5-13(17)6-4-11/h3-8,20H,17H2,1-2H3. The quantitative estimate of drug-likeness (QED) is 0.704. The van der Waals surface area contributed by atoms with E-state index in [1.54, 1.807) is 12.1 Å². The summed E-state index contributed by atoms with van der Waals surface area (Å²) < 4.78 is 5.29. The summed E-state index contributed by atoms with van der Waals surface area (Å²) in [6, 6.07) is 10.9. The third-order valence-corrected chi connectivity index (χ3v) is 3.33. The molecule has 1 aromatic heterocycles. The molecule has 1 heterocycles. The number of nitrogens with zero attached hydrogens (tertiary/aromatic N) is 2. The van der Waals surface area contributed by atoms with E-state index in [0.717, 1.165) is 22.3 Å². The summed E-state index contributed by atoms with van der Waals surface area (Å²) in [4.78, 5) is 4.39. The maximum Gasteiger partial charge on any atom is 0.258 e. The third kappa shape index (κ3) is 2.45. The SMILES string of the molecule is Cc1cc(-c2noc(-c3ccc(N)cc3)n2)cc(C)c1O. The number of phenolic OH excluding ortho intramolecular Hbond substituents is 1. The largest absolute Gasteiger partial charge is 0.507 e. The molecule has 0 fully saturated rings. The summed E-state index contributed by atoms with van der Waals surface area (Å²) in [5.41, 5.74) is 9.53. The second kappa shape index (κ2) is 4.94. The number of aromatic nitrogens is 2. The summed E-state index contributed by atoms with van der Waals surface area (Å²) in [7, 11) is 0. The average Bonchev–Trinajstić information content (AvgIpc) is 2.95. The Hall–Kier alpha value is -2.82. The van der Waals surface area contributed by atoms with Crippen molar-refractivity contribution in [2.45, 2.75) is 13.8 Å². The van der Waals surface area contributed by atoms with Crippen LogP contribution < -0.4 is 5.73 Å². The zero-order chi connectivity index (χ0) is 15.0. The van der Waals surface area contributed by atoms with Crippen LogP contribution in [-0.2, 0) is 0 Å². The van der Waals surface area contributed by atoms with E-state index < -0.39 is 0 Å². The topological polar surface area (TPSA) is 85.2 Å². The Morgan fingerprint density at radius 1 is 1.00 bits per heavy atom. The van der Waals surface area contributed by atoms with Gasteiger partial charge in [0.05, 0.1) is 0 Å². The molecular formula is C16H15N3O2. The number of aromatic hydroxyl groups is 1. The second-order valence-corrected chi connectivity index (χ2v) is 5.00. The summed E-state index contributed by atoms with van der Waals surface area (Å²) in [6.45, 7) is 3.68. The number of nitrogen functional groups attached to an aromatic ring is 1. The number of anilines is 1. The molecule has 106 valence electrons. The molecule has 21 heavy (non-hydrogen) atoms. The molecule has 0 aliphatic heterocycles. The Balaban J connectivity index is 2.00. The van der Waals surface area contributed by atoms with Crippen molar-refractivity contribution in [3.05, 3.63) is 47.5 Å². The van der Waals surface area contributed by atoms with Gasteiger partial charge in [-0.15, -0.1) is 0 Å². The van der Waals surface area contributed by atoms with Crippen molar-refractivity contribution >= 4 is 5.69 Å². The maximum atomic E-state index is 9.81. The van der Waals surface area contributed by atoms with Crippen LogP contribution in [0.4, 0.5) is 5.69 Å². The fourth-order valence-corrected chi connectivity index (χ4v) is 2.17. The molecule has 0 saturated heterocycles. The van der Waals surface area contributed by atoms with Gasteiger partial charge in [-0.05, 0) is 61.4 Å². The molecule has 0 aliphatic carbocycles. The van der Waals surface area contributed by atoms with Crippen LogP contribution in [0.5, 0.6) is 5.75 Å². The van der Waals surface area contributed by atoms with Gasteiger partial charge in [0, 0.05) is 16.8 Å². The Kier molecular flexibility index (Phi) is 3.10. The molecule has 0 radical (unpaired) electrons. The van der Waals surface area contributed by atoms with Crippen LogP contribution in [0.15, 0.2) is 40.9 Å². The van der Waals surface area contributed by atoms with Crippen molar-refractivity contribution in [1.29, 1.82) is 0 Å². The fourth-order valence-electron chi connectivity index (χ4n) is 2.17. The third-order valence-electron chi connectivity index (χ3n) is 3.33. The lowest BCUT2D eigenvalue weighted by molar-refractivity contribution is 0.432. The molecule has 0 unspecified atom stereocenters. The highest BCUT2D eigenvalue weighted by Crippen LogP contribution is 2.29. The van der Waals surface area contributed by atoms with Gasteiger partial charge in [-0.1, -0.05) is 5.16 Å². The fraction of sp³-hybridized carbons (Fsp3) is 0.125. The lowest BCUT2D eigenvalue weighted by Gasteiger charge is -2.04. The zero-order valence-corrected chi connectivity index (χ0v) is 11.8. The van der Waals surface area contributed by atoms with Crippen molar-refractivity contribution in [3.8, 4) is 28.6 Å². The van der Waals surface area contributed by atoms with Gasteiger partial charge >= 0.3 is 0 Å². The van der Waals surface area contributed by atoms with Crippen LogP contribution in [0.2, 0.25) is 0 Å². The Labute approximate surface area is 122 Å². The predicted octanol–water partition coefficient (Wildman–Crippen LogP) is 3.31. The van der Waals surface area contributed by atoms with E-state index in [9.17, 15) is 5.11 Å². The van der Waals surface area contributed by atoms with E-state index >= 15 is 0 Å². The minimum atomic E-state index is 0.293. The van der Waals surface area contributed by atoms with E-state index in [1.807, 2.05) is 38.1 Å². The molecule has 0 spiro atoms. The minimum Gasteiger partial charge on any atom is -0.507 e. The predicted molar refractivity (Wildman–Crippen MR) is 80.7 cm³/mol. The van der Waals surface area contributed by atoms with Gasteiger partial charge in [0.25, 0.3) is 5.89 Å². The molecule has 0 atom stereocenters. The number of hydrogen-bond donors (Lipinski definition) is 2. The molecule has 3 N–H and O–H groups in total. The molecule has 5 nitrogen and oxygen atoms in total. The highest BCUT2D eigenvalue weighted by Gasteiger charge is 2.12. The minimum absolute atomic E-state index is 0.293. The van der Waals surface area contributed by atoms with E-state index in [2.05, 4.69) is 10.1 Å². The van der Waals surface area contributed by atoms with Crippen LogP contribution in [0.1, 0.15) is 11.1 Å². The zero-order valence-electron chi connectivity index (χ0n) is 11.8. The van der Waals surface area contributed by atoms with Crippen LogP contribution in [0.3, 0.4) is 0 Å². The monoisotopic (exact) mass is 281 g/mol. The average molecular weight is 281 g/mol. The van der Waals surface area contributed by atoms with Crippen molar-refractivity contribution in [3.63, 3.8) is 0 Å². The van der Waals surface area contributed by atoms with Crippen molar-refractivity contribution in [1.82, 2.24) is 10.1 Å². The van der Waals surface area contributed by atoms with Crippen LogP contribution in [0, 0.1) is 13.8 Å². The van der Waals surface area contributed by atoms with E-state index in [-0.39, 0.29) is 0 Å². The first kappa shape index (κ1) is 13.2. The van der Waals surface area contributed by atoms with Gasteiger partial charge in [0.15, 0.2) is 0 Å². The van der Waals surface area contributed by atoms with Gasteiger partial charge in [0.1, 0.15) is 5.75 Å². The first-order chi connectivity index (χ1) is 10.0. The van der Waals surface area contributed by atoms with Gasteiger partial charge in [-0.3, -0.25) is 0 Å². The Morgan fingerprint density at radius 2 is 1.62 bits per heavy atom. The molecular weight excluding hydrogens is 266 g/mol. The normalized spacial score (nSPS) is 10.8. The number of hydrogen-bond acceptors (Lipinski definition) is 5. The van der Waals surface area contributed by atoms with Gasteiger partial charge in [-0.2, -0.15) is 4.98 Å². The number of phenols is 1. The van der Waals surface area contributed by atoms with E-state index in [1.165, 1.54) is 0 Å². The number of rotatable bonds is 2. The molecule has 0 aliphatic rings. The van der Waals surface area contributed by atoms with Gasteiger partial charge in [0.2, 0.25) is 5.82 Å². The van der Waals surface area contributed by atoms with E-state index in [0.29, 0.717) is 23.2 Å². The number of nitrogens with two attached hydrogens (primary N) is 1.